The number of benzene rings is 1. The number of hydrogen-bond donors (Lipinski definition) is 1. The number of fused-ring (bicyclic) bond motifs is 1. The molecule has 19 heavy (non-hydrogen) atoms. The zero-order chi connectivity index (χ0) is 13.5. The van der Waals surface area contributed by atoms with Crippen LogP contribution in [0.3, 0.4) is 0 Å². The van der Waals surface area contributed by atoms with Crippen LogP contribution >= 0.6 is 0 Å². The Bertz CT molecular complexity index is 392. The third kappa shape index (κ3) is 4.13. The monoisotopic (exact) mass is 263 g/mol. The van der Waals surface area contributed by atoms with E-state index in [-0.39, 0.29) is 0 Å². The molecule has 0 saturated heterocycles. The fourth-order valence-corrected chi connectivity index (χ4v) is 2.41. The highest BCUT2D eigenvalue weighted by Crippen LogP contribution is 2.32. The third-order valence-corrected chi connectivity index (χ3v) is 3.74. The van der Waals surface area contributed by atoms with E-state index < -0.39 is 0 Å². The smallest absolute Gasteiger partial charge is 0.231 e. The second-order valence-electron chi connectivity index (χ2n) is 5.24. The first-order valence-electron chi connectivity index (χ1n) is 7.42. The molecular weight excluding hydrogens is 238 g/mol. The number of unbranched alkanes of at least 4 members (excludes halogenated alkanes) is 1. The lowest BCUT2D eigenvalue weighted by Crippen LogP contribution is -2.22. The molecule has 1 heterocycles. The molecule has 0 bridgehead atoms. The predicted molar refractivity (Wildman–Crippen MR) is 77.6 cm³/mol. The molecular formula is C16H25NO2. The van der Waals surface area contributed by atoms with E-state index in [1.54, 1.807) is 0 Å². The zero-order valence-corrected chi connectivity index (χ0v) is 12.1. The molecule has 1 atom stereocenters. The normalized spacial score (nSPS) is 14.6. The van der Waals surface area contributed by atoms with Crippen LogP contribution < -0.4 is 14.8 Å². The van der Waals surface area contributed by atoms with E-state index in [0.29, 0.717) is 6.79 Å². The predicted octanol–water partition coefficient (Wildman–Crippen LogP) is 3.72. The summed E-state index contributed by atoms with van der Waals surface area (Å²) < 4.78 is 10.7. The first kappa shape index (κ1) is 14.2. The van der Waals surface area contributed by atoms with Crippen molar-refractivity contribution in [3.8, 4) is 11.5 Å². The Morgan fingerprint density at radius 3 is 2.84 bits per heavy atom. The molecule has 1 N–H and O–H groups in total. The van der Waals surface area contributed by atoms with E-state index in [1.807, 2.05) is 6.07 Å². The van der Waals surface area contributed by atoms with Crippen LogP contribution in [0.15, 0.2) is 18.2 Å². The van der Waals surface area contributed by atoms with Gasteiger partial charge in [-0.25, -0.2) is 0 Å². The number of ether oxygens (including phenoxy) is 2. The highest BCUT2D eigenvalue weighted by Gasteiger charge is 2.13. The molecule has 0 fully saturated rings. The molecule has 1 aromatic rings. The van der Waals surface area contributed by atoms with E-state index in [9.17, 15) is 0 Å². The molecule has 106 valence electrons. The lowest BCUT2D eigenvalue weighted by atomic mass is 9.99. The molecule has 0 saturated carbocycles. The molecule has 2 rings (SSSR count). The lowest BCUT2D eigenvalue weighted by Gasteiger charge is -2.15. The van der Waals surface area contributed by atoms with Crippen LogP contribution in [0, 0.1) is 5.92 Å². The van der Waals surface area contributed by atoms with E-state index in [1.165, 1.54) is 31.2 Å². The molecule has 0 spiro atoms. The Labute approximate surface area is 116 Å². The summed E-state index contributed by atoms with van der Waals surface area (Å²) in [6, 6.07) is 6.17. The highest BCUT2D eigenvalue weighted by atomic mass is 16.7. The van der Waals surface area contributed by atoms with Gasteiger partial charge in [0.2, 0.25) is 6.79 Å². The van der Waals surface area contributed by atoms with Gasteiger partial charge in [-0.15, -0.1) is 0 Å². The summed E-state index contributed by atoms with van der Waals surface area (Å²) in [7, 11) is 0. The molecule has 0 amide bonds. The van der Waals surface area contributed by atoms with Gasteiger partial charge in [0.05, 0.1) is 0 Å². The molecule has 3 heteroatoms. The van der Waals surface area contributed by atoms with Gasteiger partial charge in [0.1, 0.15) is 0 Å². The fraction of sp³-hybridized carbons (Fsp3) is 0.625. The summed E-state index contributed by atoms with van der Waals surface area (Å²) in [6.07, 6.45) is 5.22. The summed E-state index contributed by atoms with van der Waals surface area (Å²) in [4.78, 5) is 0. The van der Waals surface area contributed by atoms with Crippen LogP contribution in [0.1, 0.15) is 45.1 Å². The van der Waals surface area contributed by atoms with Gasteiger partial charge in [0, 0.05) is 6.54 Å². The Balaban J connectivity index is 1.75. The molecule has 0 aromatic heterocycles. The maximum atomic E-state index is 5.39. The Kier molecular flexibility index (Phi) is 5.52. The fourth-order valence-electron chi connectivity index (χ4n) is 2.41. The second-order valence-corrected chi connectivity index (χ2v) is 5.24. The van der Waals surface area contributed by atoms with E-state index >= 15 is 0 Å². The van der Waals surface area contributed by atoms with Crippen LogP contribution in [0.5, 0.6) is 11.5 Å². The van der Waals surface area contributed by atoms with Gasteiger partial charge in [-0.05, 0) is 36.6 Å². The van der Waals surface area contributed by atoms with Crippen LogP contribution in [-0.4, -0.2) is 13.3 Å². The van der Waals surface area contributed by atoms with Crippen LogP contribution in [-0.2, 0) is 6.54 Å². The molecule has 1 aliphatic rings. The second kappa shape index (κ2) is 7.39. The average Bonchev–Trinajstić information content (AvgIpc) is 2.90. The Morgan fingerprint density at radius 1 is 1.21 bits per heavy atom. The van der Waals surface area contributed by atoms with Gasteiger partial charge in [0.15, 0.2) is 11.5 Å². The topological polar surface area (TPSA) is 30.5 Å². The van der Waals surface area contributed by atoms with Gasteiger partial charge < -0.3 is 14.8 Å². The number of rotatable bonds is 8. The van der Waals surface area contributed by atoms with E-state index in [2.05, 4.69) is 31.3 Å². The van der Waals surface area contributed by atoms with Crippen molar-refractivity contribution in [2.45, 2.75) is 46.1 Å². The minimum absolute atomic E-state index is 0.348. The molecule has 0 aliphatic carbocycles. The maximum absolute atomic E-state index is 5.39. The molecule has 1 unspecified atom stereocenters. The highest BCUT2D eigenvalue weighted by molar-refractivity contribution is 5.44. The number of nitrogens with one attached hydrogen (secondary N) is 1. The summed E-state index contributed by atoms with van der Waals surface area (Å²) >= 11 is 0. The molecule has 1 aromatic carbocycles. The van der Waals surface area contributed by atoms with Gasteiger partial charge >= 0.3 is 0 Å². The van der Waals surface area contributed by atoms with Gasteiger partial charge in [-0.1, -0.05) is 39.2 Å². The summed E-state index contributed by atoms with van der Waals surface area (Å²) in [5.74, 6) is 2.53. The molecule has 1 aliphatic heterocycles. The lowest BCUT2D eigenvalue weighted by molar-refractivity contribution is 0.174. The van der Waals surface area contributed by atoms with Crippen LogP contribution in [0.25, 0.3) is 0 Å². The maximum Gasteiger partial charge on any atom is 0.231 e. The Hall–Kier alpha value is -1.22. The van der Waals surface area contributed by atoms with Crippen molar-refractivity contribution in [3.63, 3.8) is 0 Å². The largest absolute Gasteiger partial charge is 0.454 e. The van der Waals surface area contributed by atoms with Crippen molar-refractivity contribution < 1.29 is 9.47 Å². The zero-order valence-electron chi connectivity index (χ0n) is 12.1. The van der Waals surface area contributed by atoms with Gasteiger partial charge in [-0.2, -0.15) is 0 Å². The van der Waals surface area contributed by atoms with E-state index in [0.717, 1.165) is 30.5 Å². The summed E-state index contributed by atoms with van der Waals surface area (Å²) in [5.41, 5.74) is 1.26. The van der Waals surface area contributed by atoms with Crippen molar-refractivity contribution in [1.29, 1.82) is 0 Å². The molecule has 0 radical (unpaired) electrons. The summed E-state index contributed by atoms with van der Waals surface area (Å²) in [5, 5.41) is 3.56. The average molecular weight is 263 g/mol. The van der Waals surface area contributed by atoms with Gasteiger partial charge in [-0.3, -0.25) is 0 Å². The van der Waals surface area contributed by atoms with Gasteiger partial charge in [0.25, 0.3) is 0 Å². The van der Waals surface area contributed by atoms with E-state index in [4.69, 9.17) is 9.47 Å². The van der Waals surface area contributed by atoms with Crippen molar-refractivity contribution in [2.75, 3.05) is 13.3 Å². The quantitative estimate of drug-likeness (QED) is 0.775. The standard InChI is InChI=1S/C16H25NO2/c1-3-5-6-13(4-2)10-17-11-14-7-8-15-16(9-14)19-12-18-15/h7-9,13,17H,3-6,10-12H2,1-2H3. The van der Waals surface area contributed by atoms with Crippen molar-refractivity contribution in [2.24, 2.45) is 5.92 Å². The summed E-state index contributed by atoms with van der Waals surface area (Å²) in [6.45, 7) is 6.89. The minimum atomic E-state index is 0.348. The number of hydrogen-bond acceptors (Lipinski definition) is 3. The first-order valence-corrected chi connectivity index (χ1v) is 7.42. The van der Waals surface area contributed by atoms with Crippen LogP contribution in [0.2, 0.25) is 0 Å². The molecule has 3 nitrogen and oxygen atoms in total. The van der Waals surface area contributed by atoms with Crippen molar-refractivity contribution in [1.82, 2.24) is 5.32 Å². The minimum Gasteiger partial charge on any atom is -0.454 e. The first-order chi connectivity index (χ1) is 9.33. The SMILES string of the molecule is CCCCC(CC)CNCc1ccc2c(c1)OCO2. The van der Waals surface area contributed by atoms with Crippen molar-refractivity contribution >= 4 is 0 Å². The van der Waals surface area contributed by atoms with Crippen LogP contribution in [0.4, 0.5) is 0 Å². The third-order valence-electron chi connectivity index (χ3n) is 3.74. The Morgan fingerprint density at radius 2 is 2.05 bits per heavy atom. The van der Waals surface area contributed by atoms with Crippen molar-refractivity contribution in [3.05, 3.63) is 23.8 Å².